The molecule has 5 heteroatoms. The quantitative estimate of drug-likeness (QED) is 0.842. The van der Waals surface area contributed by atoms with Crippen molar-refractivity contribution in [1.82, 2.24) is 9.55 Å². The van der Waals surface area contributed by atoms with E-state index in [-0.39, 0.29) is 10.5 Å². The van der Waals surface area contributed by atoms with E-state index in [0.29, 0.717) is 12.1 Å². The number of hydrogen-bond acceptors (Lipinski definition) is 3. The van der Waals surface area contributed by atoms with Gasteiger partial charge in [0.05, 0.1) is 12.1 Å². The molecule has 0 saturated heterocycles. The van der Waals surface area contributed by atoms with Crippen LogP contribution in [0.25, 0.3) is 0 Å². The molecule has 0 fully saturated rings. The smallest absolute Gasteiger partial charge is 0.261 e. The highest BCUT2D eigenvalue weighted by Crippen LogP contribution is 2.04. The van der Waals surface area contributed by atoms with Crippen molar-refractivity contribution in [2.24, 2.45) is 5.73 Å². The molecule has 2 aromatic heterocycles. The van der Waals surface area contributed by atoms with E-state index in [1.807, 2.05) is 25.1 Å². The lowest BCUT2D eigenvalue weighted by atomic mass is 10.2. The number of aromatic nitrogens is 2. The maximum atomic E-state index is 12.2. The molecular formula is C13H13N3OS. The van der Waals surface area contributed by atoms with Gasteiger partial charge in [-0.25, -0.2) is 0 Å². The lowest BCUT2D eigenvalue weighted by Crippen LogP contribution is -2.30. The molecule has 0 aromatic carbocycles. The lowest BCUT2D eigenvalue weighted by Gasteiger charge is -2.11. The molecule has 2 rings (SSSR count). The number of nitrogens with two attached hydrogens (primary N) is 1. The van der Waals surface area contributed by atoms with E-state index < -0.39 is 0 Å². The van der Waals surface area contributed by atoms with E-state index in [1.54, 1.807) is 23.0 Å². The third kappa shape index (κ3) is 2.46. The second-order valence-electron chi connectivity index (χ2n) is 4.00. The molecule has 0 aliphatic rings. The molecule has 0 saturated carbocycles. The van der Waals surface area contributed by atoms with Crippen LogP contribution < -0.4 is 11.3 Å². The lowest BCUT2D eigenvalue weighted by molar-refractivity contribution is 0.727. The molecule has 0 aliphatic carbocycles. The predicted molar refractivity (Wildman–Crippen MR) is 74.7 cm³/mol. The minimum atomic E-state index is -0.153. The standard InChI is InChI=1S/C13H13N3OS/c1-9-2-3-11(12(14)18)13(17)16(9)8-10-4-6-15-7-5-10/h2-7H,8H2,1H3,(H2,14,18). The van der Waals surface area contributed by atoms with E-state index in [0.717, 1.165) is 11.3 Å². The normalized spacial score (nSPS) is 10.3. The van der Waals surface area contributed by atoms with Crippen LogP contribution in [0.5, 0.6) is 0 Å². The number of thiocarbonyl (C=S) groups is 1. The van der Waals surface area contributed by atoms with E-state index in [1.165, 1.54) is 0 Å². The summed E-state index contributed by atoms with van der Waals surface area (Å²) in [5.74, 6) is 0. The summed E-state index contributed by atoms with van der Waals surface area (Å²) in [7, 11) is 0. The second kappa shape index (κ2) is 5.10. The van der Waals surface area contributed by atoms with Crippen LogP contribution in [0.1, 0.15) is 16.8 Å². The van der Waals surface area contributed by atoms with Crippen molar-refractivity contribution in [2.75, 3.05) is 0 Å². The molecule has 4 nitrogen and oxygen atoms in total. The van der Waals surface area contributed by atoms with Crippen molar-refractivity contribution in [2.45, 2.75) is 13.5 Å². The van der Waals surface area contributed by atoms with Crippen LogP contribution in [0, 0.1) is 6.92 Å². The fourth-order valence-electron chi connectivity index (χ4n) is 1.73. The minimum absolute atomic E-state index is 0.128. The summed E-state index contributed by atoms with van der Waals surface area (Å²) in [4.78, 5) is 16.3. The Labute approximate surface area is 110 Å². The summed E-state index contributed by atoms with van der Waals surface area (Å²) in [6.07, 6.45) is 3.40. The maximum Gasteiger partial charge on any atom is 0.261 e. The zero-order valence-corrected chi connectivity index (χ0v) is 10.8. The number of nitrogens with zero attached hydrogens (tertiary/aromatic N) is 2. The van der Waals surface area contributed by atoms with Crippen molar-refractivity contribution in [3.05, 3.63) is 63.8 Å². The second-order valence-corrected chi connectivity index (χ2v) is 4.44. The molecule has 2 N–H and O–H groups in total. The van der Waals surface area contributed by atoms with Gasteiger partial charge in [-0.05, 0) is 36.8 Å². The van der Waals surface area contributed by atoms with Crippen molar-refractivity contribution in [3.63, 3.8) is 0 Å². The average Bonchev–Trinajstić information content (AvgIpc) is 2.35. The summed E-state index contributed by atoms with van der Waals surface area (Å²) in [6.45, 7) is 2.37. The molecule has 0 aliphatic heterocycles. The highest BCUT2D eigenvalue weighted by Gasteiger charge is 2.08. The zero-order chi connectivity index (χ0) is 13.1. The fourth-order valence-corrected chi connectivity index (χ4v) is 1.88. The van der Waals surface area contributed by atoms with E-state index in [2.05, 4.69) is 4.98 Å². The zero-order valence-electron chi connectivity index (χ0n) is 9.96. The summed E-state index contributed by atoms with van der Waals surface area (Å²) in [5.41, 5.74) is 7.64. The van der Waals surface area contributed by atoms with Crippen molar-refractivity contribution in [1.29, 1.82) is 0 Å². The molecule has 0 radical (unpaired) electrons. The Morgan fingerprint density at radius 3 is 2.61 bits per heavy atom. The number of pyridine rings is 2. The Hall–Kier alpha value is -2.01. The van der Waals surface area contributed by atoms with Crippen molar-refractivity contribution >= 4 is 17.2 Å². The Kier molecular flexibility index (Phi) is 3.53. The topological polar surface area (TPSA) is 60.9 Å². The van der Waals surface area contributed by atoms with Crippen LogP contribution >= 0.6 is 12.2 Å². The largest absolute Gasteiger partial charge is 0.389 e. The SMILES string of the molecule is Cc1ccc(C(N)=S)c(=O)n1Cc1ccncc1. The monoisotopic (exact) mass is 259 g/mol. The Bertz CT molecular complexity index is 634. The van der Waals surface area contributed by atoms with Crippen molar-refractivity contribution < 1.29 is 0 Å². The molecule has 18 heavy (non-hydrogen) atoms. The Morgan fingerprint density at radius 1 is 1.33 bits per heavy atom. The summed E-state index contributed by atoms with van der Waals surface area (Å²) in [6, 6.07) is 7.26. The Morgan fingerprint density at radius 2 is 2.00 bits per heavy atom. The van der Waals surface area contributed by atoms with Gasteiger partial charge in [0, 0.05) is 18.1 Å². The van der Waals surface area contributed by atoms with Gasteiger partial charge >= 0.3 is 0 Å². The van der Waals surface area contributed by atoms with E-state index >= 15 is 0 Å². The van der Waals surface area contributed by atoms with Gasteiger partial charge in [-0.3, -0.25) is 9.78 Å². The predicted octanol–water partition coefficient (Wildman–Crippen LogP) is 1.23. The van der Waals surface area contributed by atoms with Gasteiger partial charge in [0.25, 0.3) is 5.56 Å². The molecule has 2 heterocycles. The van der Waals surface area contributed by atoms with Crippen LogP contribution in [0.4, 0.5) is 0 Å². The van der Waals surface area contributed by atoms with Crippen LogP contribution in [0.3, 0.4) is 0 Å². The minimum Gasteiger partial charge on any atom is -0.389 e. The van der Waals surface area contributed by atoms with Gasteiger partial charge in [0.1, 0.15) is 4.99 Å². The van der Waals surface area contributed by atoms with Gasteiger partial charge in [-0.1, -0.05) is 12.2 Å². The molecule has 0 spiro atoms. The number of hydrogen-bond donors (Lipinski definition) is 1. The molecule has 0 atom stereocenters. The van der Waals surface area contributed by atoms with Gasteiger partial charge in [-0.15, -0.1) is 0 Å². The number of aryl methyl sites for hydroxylation is 1. The van der Waals surface area contributed by atoms with Crippen LogP contribution in [-0.2, 0) is 6.54 Å². The van der Waals surface area contributed by atoms with Gasteiger partial charge in [-0.2, -0.15) is 0 Å². The summed E-state index contributed by atoms with van der Waals surface area (Å²) < 4.78 is 1.66. The summed E-state index contributed by atoms with van der Waals surface area (Å²) >= 11 is 4.87. The average molecular weight is 259 g/mol. The Balaban J connectivity index is 2.48. The molecule has 92 valence electrons. The first-order valence-corrected chi connectivity index (χ1v) is 5.89. The van der Waals surface area contributed by atoms with Gasteiger partial charge < -0.3 is 10.3 Å². The van der Waals surface area contributed by atoms with E-state index in [9.17, 15) is 4.79 Å². The van der Waals surface area contributed by atoms with Crippen LogP contribution in [-0.4, -0.2) is 14.5 Å². The number of rotatable bonds is 3. The van der Waals surface area contributed by atoms with E-state index in [4.69, 9.17) is 18.0 Å². The van der Waals surface area contributed by atoms with Gasteiger partial charge in [0.15, 0.2) is 0 Å². The highest BCUT2D eigenvalue weighted by atomic mass is 32.1. The van der Waals surface area contributed by atoms with Crippen LogP contribution in [0.2, 0.25) is 0 Å². The van der Waals surface area contributed by atoms with Crippen molar-refractivity contribution in [3.8, 4) is 0 Å². The van der Waals surface area contributed by atoms with Gasteiger partial charge in [0.2, 0.25) is 0 Å². The third-order valence-corrected chi connectivity index (χ3v) is 2.97. The first kappa shape index (κ1) is 12.4. The molecular weight excluding hydrogens is 246 g/mol. The first-order valence-electron chi connectivity index (χ1n) is 5.49. The maximum absolute atomic E-state index is 12.2. The van der Waals surface area contributed by atoms with Crippen LogP contribution in [0.15, 0.2) is 41.5 Å². The molecule has 0 unspecified atom stereocenters. The fraction of sp³-hybridized carbons (Fsp3) is 0.154. The highest BCUT2D eigenvalue weighted by molar-refractivity contribution is 7.80. The third-order valence-electron chi connectivity index (χ3n) is 2.75. The molecule has 2 aromatic rings. The molecule has 0 amide bonds. The molecule has 0 bridgehead atoms. The summed E-state index contributed by atoms with van der Waals surface area (Å²) in [5, 5.41) is 0. The first-order chi connectivity index (χ1) is 8.59.